The van der Waals surface area contributed by atoms with Crippen molar-refractivity contribution in [2.45, 2.75) is 51.5 Å². The fourth-order valence-corrected chi connectivity index (χ4v) is 2.21. The zero-order valence-corrected chi connectivity index (χ0v) is 8.60. The number of hydrogen-bond donors (Lipinski definition) is 1. The van der Waals surface area contributed by atoms with Crippen molar-refractivity contribution in [1.82, 2.24) is 5.32 Å². The molecule has 2 fully saturated rings. The summed E-state index contributed by atoms with van der Waals surface area (Å²) in [6.07, 6.45) is 5.87. The molecule has 0 bridgehead atoms. The molecule has 0 spiro atoms. The highest BCUT2D eigenvalue weighted by atomic mass is 16.2. The Bertz CT molecular complexity index is 215. The fourth-order valence-electron chi connectivity index (χ4n) is 2.21. The van der Waals surface area contributed by atoms with Crippen LogP contribution in [-0.2, 0) is 4.79 Å². The Morgan fingerprint density at radius 1 is 1.54 bits per heavy atom. The summed E-state index contributed by atoms with van der Waals surface area (Å²) in [5.41, 5.74) is 0.194. The van der Waals surface area contributed by atoms with E-state index in [0.29, 0.717) is 17.7 Å². The lowest BCUT2D eigenvalue weighted by Crippen LogP contribution is -2.53. The van der Waals surface area contributed by atoms with E-state index >= 15 is 0 Å². The predicted molar refractivity (Wildman–Crippen MR) is 52.3 cm³/mol. The molecule has 2 heteroatoms. The standard InChI is InChI=1S/C11H19NO/c1-3-11(5-4-6-11)12-10(13)9-7-8(9)2/h8-9H,3-7H2,1-2H3,(H,12,13)/t8-,9-/m0/s1. The molecule has 2 saturated carbocycles. The van der Waals surface area contributed by atoms with Gasteiger partial charge in [-0.25, -0.2) is 0 Å². The van der Waals surface area contributed by atoms with Crippen molar-refractivity contribution in [2.24, 2.45) is 11.8 Å². The van der Waals surface area contributed by atoms with E-state index in [9.17, 15) is 4.79 Å². The zero-order valence-electron chi connectivity index (χ0n) is 8.60. The number of hydrogen-bond acceptors (Lipinski definition) is 1. The van der Waals surface area contributed by atoms with Gasteiger partial charge in [0, 0.05) is 11.5 Å². The molecule has 2 nitrogen and oxygen atoms in total. The Morgan fingerprint density at radius 2 is 2.15 bits per heavy atom. The molecule has 0 aromatic heterocycles. The Morgan fingerprint density at radius 3 is 2.46 bits per heavy atom. The van der Waals surface area contributed by atoms with Crippen molar-refractivity contribution in [2.75, 3.05) is 0 Å². The SMILES string of the molecule is CCC1(NC(=O)[C@H]2C[C@@H]2C)CCC1. The van der Waals surface area contributed by atoms with Crippen LogP contribution in [-0.4, -0.2) is 11.4 Å². The molecule has 74 valence electrons. The molecule has 2 atom stereocenters. The van der Waals surface area contributed by atoms with Gasteiger partial charge in [-0.3, -0.25) is 4.79 Å². The van der Waals surface area contributed by atoms with Gasteiger partial charge in [0.1, 0.15) is 0 Å². The van der Waals surface area contributed by atoms with Gasteiger partial charge < -0.3 is 5.32 Å². The van der Waals surface area contributed by atoms with E-state index in [1.165, 1.54) is 19.3 Å². The number of carbonyl (C=O) groups excluding carboxylic acids is 1. The summed E-state index contributed by atoms with van der Waals surface area (Å²) in [5.74, 6) is 1.28. The minimum absolute atomic E-state index is 0.194. The Hall–Kier alpha value is -0.530. The maximum absolute atomic E-state index is 11.7. The normalized spacial score (nSPS) is 34.9. The topological polar surface area (TPSA) is 29.1 Å². The lowest BCUT2D eigenvalue weighted by molar-refractivity contribution is -0.125. The molecular weight excluding hydrogens is 162 g/mol. The van der Waals surface area contributed by atoms with Crippen molar-refractivity contribution >= 4 is 5.91 Å². The van der Waals surface area contributed by atoms with Crippen molar-refractivity contribution in [1.29, 1.82) is 0 Å². The average molecular weight is 181 g/mol. The van der Waals surface area contributed by atoms with E-state index in [2.05, 4.69) is 19.2 Å². The summed E-state index contributed by atoms with van der Waals surface area (Å²) in [5, 5.41) is 3.23. The minimum Gasteiger partial charge on any atom is -0.350 e. The quantitative estimate of drug-likeness (QED) is 0.709. The molecule has 13 heavy (non-hydrogen) atoms. The van der Waals surface area contributed by atoms with Crippen LogP contribution in [0.5, 0.6) is 0 Å². The minimum atomic E-state index is 0.194. The first kappa shape index (κ1) is 9.04. The van der Waals surface area contributed by atoms with Crippen LogP contribution < -0.4 is 5.32 Å². The third kappa shape index (κ3) is 1.59. The summed E-state index contributed by atoms with van der Waals surface area (Å²) in [4.78, 5) is 11.7. The molecule has 1 amide bonds. The summed E-state index contributed by atoms with van der Waals surface area (Å²) in [7, 11) is 0. The largest absolute Gasteiger partial charge is 0.350 e. The van der Waals surface area contributed by atoms with Gasteiger partial charge in [0.05, 0.1) is 0 Å². The van der Waals surface area contributed by atoms with Gasteiger partial charge in [0.25, 0.3) is 0 Å². The highest BCUT2D eigenvalue weighted by Gasteiger charge is 2.44. The number of amides is 1. The molecule has 2 aliphatic rings. The Balaban J connectivity index is 1.86. The van der Waals surface area contributed by atoms with Crippen LogP contribution in [0.3, 0.4) is 0 Å². The van der Waals surface area contributed by atoms with E-state index in [0.717, 1.165) is 12.8 Å². The lowest BCUT2D eigenvalue weighted by atomic mass is 9.75. The van der Waals surface area contributed by atoms with Gasteiger partial charge in [0.15, 0.2) is 0 Å². The van der Waals surface area contributed by atoms with Crippen molar-refractivity contribution in [3.63, 3.8) is 0 Å². The van der Waals surface area contributed by atoms with Gasteiger partial charge in [-0.05, 0) is 38.0 Å². The maximum Gasteiger partial charge on any atom is 0.223 e. The van der Waals surface area contributed by atoms with Crippen molar-refractivity contribution < 1.29 is 4.79 Å². The number of nitrogens with one attached hydrogen (secondary N) is 1. The summed E-state index contributed by atoms with van der Waals surface area (Å²) >= 11 is 0. The van der Waals surface area contributed by atoms with Gasteiger partial charge in [-0.2, -0.15) is 0 Å². The third-order valence-electron chi connectivity index (χ3n) is 3.82. The van der Waals surface area contributed by atoms with Crippen LogP contribution in [0.2, 0.25) is 0 Å². The monoisotopic (exact) mass is 181 g/mol. The van der Waals surface area contributed by atoms with Crippen LogP contribution in [0.4, 0.5) is 0 Å². The smallest absolute Gasteiger partial charge is 0.223 e. The summed E-state index contributed by atoms with van der Waals surface area (Å²) in [6.45, 7) is 4.33. The van der Waals surface area contributed by atoms with Crippen molar-refractivity contribution in [3.05, 3.63) is 0 Å². The highest BCUT2D eigenvalue weighted by molar-refractivity contribution is 5.82. The molecular formula is C11H19NO. The maximum atomic E-state index is 11.7. The van der Waals surface area contributed by atoms with E-state index in [4.69, 9.17) is 0 Å². The molecule has 0 aliphatic heterocycles. The highest BCUT2D eigenvalue weighted by Crippen LogP contribution is 2.40. The molecule has 0 aromatic carbocycles. The van der Waals surface area contributed by atoms with Crippen LogP contribution in [0.1, 0.15) is 46.0 Å². The second-order valence-electron chi connectivity index (χ2n) is 4.80. The van der Waals surface area contributed by atoms with Crippen molar-refractivity contribution in [3.8, 4) is 0 Å². The molecule has 1 N–H and O–H groups in total. The first-order valence-corrected chi connectivity index (χ1v) is 5.49. The number of rotatable bonds is 3. The van der Waals surface area contributed by atoms with Crippen LogP contribution >= 0.6 is 0 Å². The number of carbonyl (C=O) groups is 1. The van der Waals surface area contributed by atoms with E-state index in [1.807, 2.05) is 0 Å². The van der Waals surface area contributed by atoms with Gasteiger partial charge >= 0.3 is 0 Å². The fraction of sp³-hybridized carbons (Fsp3) is 0.909. The third-order valence-corrected chi connectivity index (χ3v) is 3.82. The Labute approximate surface area is 80.1 Å². The first-order chi connectivity index (χ1) is 6.17. The van der Waals surface area contributed by atoms with Gasteiger partial charge in [0.2, 0.25) is 5.91 Å². The summed E-state index contributed by atoms with van der Waals surface area (Å²) in [6, 6.07) is 0. The molecule has 2 rings (SSSR count). The van der Waals surface area contributed by atoms with Crippen LogP contribution in [0.15, 0.2) is 0 Å². The first-order valence-electron chi connectivity index (χ1n) is 5.49. The van der Waals surface area contributed by atoms with Crippen LogP contribution in [0, 0.1) is 11.8 Å². The lowest BCUT2D eigenvalue weighted by Gasteiger charge is -2.42. The summed E-state index contributed by atoms with van der Waals surface area (Å²) < 4.78 is 0. The van der Waals surface area contributed by atoms with Crippen LogP contribution in [0.25, 0.3) is 0 Å². The molecule has 0 saturated heterocycles. The van der Waals surface area contributed by atoms with E-state index in [-0.39, 0.29) is 5.54 Å². The molecule has 0 unspecified atom stereocenters. The molecule has 2 aliphatic carbocycles. The van der Waals surface area contributed by atoms with E-state index < -0.39 is 0 Å². The Kier molecular flexibility index (Phi) is 2.09. The molecule has 0 aromatic rings. The molecule has 0 heterocycles. The van der Waals surface area contributed by atoms with E-state index in [1.54, 1.807) is 0 Å². The second-order valence-corrected chi connectivity index (χ2v) is 4.80. The predicted octanol–water partition coefficient (Wildman–Crippen LogP) is 2.09. The average Bonchev–Trinajstić information content (AvgIpc) is 2.75. The van der Waals surface area contributed by atoms with Gasteiger partial charge in [-0.15, -0.1) is 0 Å². The second kappa shape index (κ2) is 3.00. The van der Waals surface area contributed by atoms with Gasteiger partial charge in [-0.1, -0.05) is 13.8 Å². The molecule has 0 radical (unpaired) electrons. The zero-order chi connectivity index (χ0) is 9.47.